The van der Waals surface area contributed by atoms with Crippen molar-refractivity contribution in [3.05, 3.63) is 33.0 Å². The van der Waals surface area contributed by atoms with Crippen LogP contribution in [-0.2, 0) is 5.41 Å². The molecular formula is C13H16BrClFN. The molecule has 1 aliphatic carbocycles. The van der Waals surface area contributed by atoms with E-state index in [2.05, 4.69) is 15.9 Å². The summed E-state index contributed by atoms with van der Waals surface area (Å²) < 4.78 is 14.4. The van der Waals surface area contributed by atoms with Gasteiger partial charge in [0.2, 0.25) is 0 Å². The van der Waals surface area contributed by atoms with Crippen LogP contribution in [0.25, 0.3) is 0 Å². The first kappa shape index (κ1) is 13.3. The first-order valence-electron chi connectivity index (χ1n) is 5.94. The molecule has 0 aliphatic heterocycles. The normalized spacial score (nSPS) is 19.3. The van der Waals surface area contributed by atoms with E-state index < -0.39 is 0 Å². The van der Waals surface area contributed by atoms with Gasteiger partial charge in [-0.25, -0.2) is 4.39 Å². The molecule has 2 rings (SSSR count). The smallest absolute Gasteiger partial charge is 0.143 e. The molecule has 1 aliphatic rings. The molecule has 0 spiro atoms. The molecule has 4 heteroatoms. The summed E-state index contributed by atoms with van der Waals surface area (Å²) in [6, 6.07) is 3.32. The van der Waals surface area contributed by atoms with Gasteiger partial charge in [-0.1, -0.05) is 46.8 Å². The zero-order valence-corrected chi connectivity index (χ0v) is 12.0. The van der Waals surface area contributed by atoms with Crippen molar-refractivity contribution in [3.63, 3.8) is 0 Å². The van der Waals surface area contributed by atoms with Crippen molar-refractivity contribution in [1.29, 1.82) is 0 Å². The lowest BCUT2D eigenvalue weighted by Gasteiger charge is -2.37. The van der Waals surface area contributed by atoms with Gasteiger partial charge in [-0.3, -0.25) is 0 Å². The predicted octanol–water partition coefficient (Wildman–Crippen LogP) is 4.40. The molecule has 0 aromatic heterocycles. The Hall–Kier alpha value is -0.120. The van der Waals surface area contributed by atoms with E-state index in [0.717, 1.165) is 35.7 Å². The predicted molar refractivity (Wildman–Crippen MR) is 72.9 cm³/mol. The topological polar surface area (TPSA) is 26.0 Å². The Morgan fingerprint density at radius 1 is 1.29 bits per heavy atom. The van der Waals surface area contributed by atoms with Gasteiger partial charge in [-0.2, -0.15) is 0 Å². The monoisotopic (exact) mass is 319 g/mol. The van der Waals surface area contributed by atoms with Crippen molar-refractivity contribution >= 4 is 27.5 Å². The Balaban J connectivity index is 2.49. The van der Waals surface area contributed by atoms with Gasteiger partial charge in [0.15, 0.2) is 0 Å². The Morgan fingerprint density at radius 2 is 1.94 bits per heavy atom. The third kappa shape index (κ3) is 2.51. The van der Waals surface area contributed by atoms with Crippen molar-refractivity contribution in [1.82, 2.24) is 0 Å². The third-order valence-electron chi connectivity index (χ3n) is 3.77. The van der Waals surface area contributed by atoms with Gasteiger partial charge in [0, 0.05) is 16.4 Å². The van der Waals surface area contributed by atoms with E-state index in [1.165, 1.54) is 12.5 Å². The summed E-state index contributed by atoms with van der Waals surface area (Å²) in [5.41, 5.74) is 6.67. The van der Waals surface area contributed by atoms with Crippen LogP contribution in [0.1, 0.15) is 37.7 Å². The molecule has 0 saturated heterocycles. The first-order valence-corrected chi connectivity index (χ1v) is 7.11. The molecule has 0 amide bonds. The summed E-state index contributed by atoms with van der Waals surface area (Å²) in [7, 11) is 0. The number of hydrogen-bond acceptors (Lipinski definition) is 1. The Kier molecular flexibility index (Phi) is 4.11. The van der Waals surface area contributed by atoms with Crippen molar-refractivity contribution in [2.24, 2.45) is 5.73 Å². The largest absolute Gasteiger partial charge is 0.330 e. The summed E-state index contributed by atoms with van der Waals surface area (Å²) in [6.07, 6.45) is 5.51. The molecule has 1 fully saturated rings. The summed E-state index contributed by atoms with van der Waals surface area (Å²) in [5, 5.41) is 0.237. The Labute approximate surface area is 115 Å². The van der Waals surface area contributed by atoms with Crippen LogP contribution < -0.4 is 5.73 Å². The summed E-state index contributed by atoms with van der Waals surface area (Å²) in [5.74, 6) is -0.366. The van der Waals surface area contributed by atoms with Crippen LogP contribution in [0.2, 0.25) is 5.02 Å². The minimum atomic E-state index is -0.366. The van der Waals surface area contributed by atoms with Crippen LogP contribution in [0, 0.1) is 5.82 Å². The quantitative estimate of drug-likeness (QED) is 0.803. The van der Waals surface area contributed by atoms with Crippen LogP contribution in [0.4, 0.5) is 4.39 Å². The Bertz CT molecular complexity index is 416. The van der Waals surface area contributed by atoms with Crippen molar-refractivity contribution < 1.29 is 4.39 Å². The minimum Gasteiger partial charge on any atom is -0.330 e. The van der Waals surface area contributed by atoms with Crippen molar-refractivity contribution in [2.75, 3.05) is 6.54 Å². The molecule has 1 aromatic carbocycles. The number of rotatable bonds is 2. The van der Waals surface area contributed by atoms with Crippen LogP contribution in [0.3, 0.4) is 0 Å². The highest BCUT2D eigenvalue weighted by molar-refractivity contribution is 9.10. The average Bonchev–Trinajstić information content (AvgIpc) is 2.34. The van der Waals surface area contributed by atoms with E-state index in [-0.39, 0.29) is 16.3 Å². The maximum atomic E-state index is 13.7. The molecule has 0 unspecified atom stereocenters. The fraction of sp³-hybridized carbons (Fsp3) is 0.538. The molecule has 2 N–H and O–H groups in total. The highest BCUT2D eigenvalue weighted by atomic mass is 79.9. The fourth-order valence-electron chi connectivity index (χ4n) is 2.75. The van der Waals surface area contributed by atoms with Gasteiger partial charge in [0.1, 0.15) is 5.82 Å². The maximum Gasteiger partial charge on any atom is 0.143 e. The second-order valence-corrected chi connectivity index (χ2v) is 6.09. The molecular weight excluding hydrogens is 305 g/mol. The average molecular weight is 321 g/mol. The number of hydrogen-bond donors (Lipinski definition) is 1. The summed E-state index contributed by atoms with van der Waals surface area (Å²) >= 11 is 9.44. The van der Waals surface area contributed by atoms with Crippen molar-refractivity contribution in [2.45, 2.75) is 37.5 Å². The zero-order valence-electron chi connectivity index (χ0n) is 9.61. The molecule has 0 bridgehead atoms. The number of halogens is 3. The highest BCUT2D eigenvalue weighted by Gasteiger charge is 2.35. The van der Waals surface area contributed by atoms with E-state index in [4.69, 9.17) is 17.3 Å². The van der Waals surface area contributed by atoms with Crippen LogP contribution in [0.15, 0.2) is 16.6 Å². The first-order chi connectivity index (χ1) is 8.09. The van der Waals surface area contributed by atoms with Gasteiger partial charge in [-0.15, -0.1) is 0 Å². The summed E-state index contributed by atoms with van der Waals surface area (Å²) in [6.45, 7) is 0.530. The number of nitrogens with two attached hydrogens (primary N) is 1. The van der Waals surface area contributed by atoms with E-state index >= 15 is 0 Å². The molecule has 1 nitrogen and oxygen atoms in total. The Morgan fingerprint density at radius 3 is 2.53 bits per heavy atom. The van der Waals surface area contributed by atoms with E-state index in [9.17, 15) is 4.39 Å². The molecule has 17 heavy (non-hydrogen) atoms. The lowest BCUT2D eigenvalue weighted by molar-refractivity contribution is 0.300. The zero-order chi connectivity index (χ0) is 12.5. The van der Waals surface area contributed by atoms with Gasteiger partial charge in [0.25, 0.3) is 0 Å². The molecule has 0 atom stereocenters. The second-order valence-electron chi connectivity index (χ2n) is 4.79. The minimum absolute atomic E-state index is 0.139. The van der Waals surface area contributed by atoms with Crippen LogP contribution in [0.5, 0.6) is 0 Å². The molecule has 1 saturated carbocycles. The van der Waals surface area contributed by atoms with E-state index in [1.807, 2.05) is 6.07 Å². The van der Waals surface area contributed by atoms with Gasteiger partial charge < -0.3 is 5.73 Å². The van der Waals surface area contributed by atoms with Crippen molar-refractivity contribution in [3.8, 4) is 0 Å². The molecule has 0 radical (unpaired) electrons. The molecule has 0 heterocycles. The maximum absolute atomic E-state index is 13.7. The van der Waals surface area contributed by atoms with Crippen LogP contribution >= 0.6 is 27.5 Å². The summed E-state index contributed by atoms with van der Waals surface area (Å²) in [4.78, 5) is 0. The lowest BCUT2D eigenvalue weighted by Crippen LogP contribution is -2.37. The van der Waals surface area contributed by atoms with Gasteiger partial charge in [0.05, 0.1) is 5.02 Å². The van der Waals surface area contributed by atoms with Gasteiger partial charge in [-0.05, 0) is 30.5 Å². The standard InChI is InChI=1S/C13H16BrClFN/c14-9-6-10(12(15)11(16)7-9)13(8-17)4-2-1-3-5-13/h6-7H,1-5,8,17H2. The fourth-order valence-corrected chi connectivity index (χ4v) is 3.49. The number of benzene rings is 1. The third-order valence-corrected chi connectivity index (χ3v) is 4.61. The highest BCUT2D eigenvalue weighted by Crippen LogP contribution is 2.43. The van der Waals surface area contributed by atoms with E-state index in [1.54, 1.807) is 0 Å². The SMILES string of the molecule is NCC1(c2cc(Br)cc(F)c2Cl)CCCCC1. The lowest BCUT2D eigenvalue weighted by atomic mass is 9.69. The van der Waals surface area contributed by atoms with Crippen LogP contribution in [-0.4, -0.2) is 6.54 Å². The second kappa shape index (κ2) is 5.25. The van der Waals surface area contributed by atoms with E-state index in [0.29, 0.717) is 6.54 Å². The molecule has 94 valence electrons. The molecule has 1 aromatic rings. The van der Waals surface area contributed by atoms with Gasteiger partial charge >= 0.3 is 0 Å².